The Bertz CT molecular complexity index is 613. The highest BCUT2D eigenvalue weighted by Gasteiger charge is 2.14. The number of benzene rings is 1. The molecule has 1 aromatic heterocycles. The molecule has 98 valence electrons. The monoisotopic (exact) mass is 274 g/mol. The largest absolute Gasteiger partial charge is 0.439 e. The SMILES string of the molecule is CCc1c(Cl)ncnc1Oc1ccc2c(c1)CCC2. The predicted octanol–water partition coefficient (Wildman–Crippen LogP) is 3.97. The highest BCUT2D eigenvalue weighted by Crippen LogP contribution is 2.31. The third kappa shape index (κ3) is 2.43. The second-order valence-corrected chi connectivity index (χ2v) is 5.05. The Morgan fingerprint density at radius 1 is 1.21 bits per heavy atom. The molecule has 0 fully saturated rings. The van der Waals surface area contributed by atoms with Crippen LogP contribution in [0.2, 0.25) is 5.15 Å². The molecule has 3 nitrogen and oxygen atoms in total. The number of hydrogen-bond donors (Lipinski definition) is 0. The van der Waals surface area contributed by atoms with Crippen LogP contribution < -0.4 is 4.74 Å². The lowest BCUT2D eigenvalue weighted by molar-refractivity contribution is 0.454. The first-order valence-corrected chi connectivity index (χ1v) is 6.94. The Labute approximate surface area is 117 Å². The number of nitrogens with zero attached hydrogens (tertiary/aromatic N) is 2. The van der Waals surface area contributed by atoms with Crippen molar-refractivity contribution in [2.75, 3.05) is 0 Å². The average Bonchev–Trinajstić information content (AvgIpc) is 2.86. The Balaban J connectivity index is 1.91. The molecule has 0 spiro atoms. The maximum atomic E-state index is 6.06. The van der Waals surface area contributed by atoms with Crippen LogP contribution in [0.1, 0.15) is 30.0 Å². The highest BCUT2D eigenvalue weighted by atomic mass is 35.5. The first-order chi connectivity index (χ1) is 9.28. The number of aryl methyl sites for hydroxylation is 2. The minimum absolute atomic E-state index is 0.466. The van der Waals surface area contributed by atoms with E-state index in [1.807, 2.05) is 13.0 Å². The molecule has 2 aromatic rings. The van der Waals surface area contributed by atoms with Crippen molar-refractivity contribution in [3.63, 3.8) is 0 Å². The molecule has 0 amide bonds. The second-order valence-electron chi connectivity index (χ2n) is 4.69. The van der Waals surface area contributed by atoms with E-state index in [0.29, 0.717) is 11.0 Å². The van der Waals surface area contributed by atoms with E-state index in [1.54, 1.807) is 0 Å². The first-order valence-electron chi connectivity index (χ1n) is 6.57. The summed E-state index contributed by atoms with van der Waals surface area (Å²) in [5.41, 5.74) is 3.67. The van der Waals surface area contributed by atoms with Gasteiger partial charge in [0, 0.05) is 0 Å². The van der Waals surface area contributed by atoms with Crippen LogP contribution in [-0.4, -0.2) is 9.97 Å². The number of halogens is 1. The van der Waals surface area contributed by atoms with E-state index in [2.05, 4.69) is 22.1 Å². The molecule has 0 aliphatic heterocycles. The van der Waals surface area contributed by atoms with Crippen LogP contribution in [0, 0.1) is 0 Å². The summed E-state index contributed by atoms with van der Waals surface area (Å²) in [4.78, 5) is 8.17. The van der Waals surface area contributed by atoms with E-state index in [-0.39, 0.29) is 0 Å². The fourth-order valence-corrected chi connectivity index (χ4v) is 2.74. The zero-order chi connectivity index (χ0) is 13.2. The molecule has 1 heterocycles. The van der Waals surface area contributed by atoms with Crippen LogP contribution in [0.3, 0.4) is 0 Å². The van der Waals surface area contributed by atoms with Gasteiger partial charge in [-0.05, 0) is 48.9 Å². The molecule has 0 N–H and O–H groups in total. The quantitative estimate of drug-likeness (QED) is 0.794. The molecule has 1 aromatic carbocycles. The summed E-state index contributed by atoms with van der Waals surface area (Å²) in [6.07, 6.45) is 5.73. The summed E-state index contributed by atoms with van der Waals surface area (Å²) >= 11 is 6.06. The van der Waals surface area contributed by atoms with Gasteiger partial charge in [0.15, 0.2) is 0 Å². The highest BCUT2D eigenvalue weighted by molar-refractivity contribution is 6.30. The molecule has 0 saturated heterocycles. The van der Waals surface area contributed by atoms with Gasteiger partial charge in [0.1, 0.15) is 17.2 Å². The van der Waals surface area contributed by atoms with Gasteiger partial charge in [0.05, 0.1) is 5.56 Å². The number of aromatic nitrogens is 2. The molecular formula is C15H15ClN2O. The molecule has 4 heteroatoms. The normalized spacial score (nSPS) is 13.4. The van der Waals surface area contributed by atoms with Crippen molar-refractivity contribution in [3.8, 4) is 11.6 Å². The predicted molar refractivity (Wildman–Crippen MR) is 75.0 cm³/mol. The Hall–Kier alpha value is -1.61. The Morgan fingerprint density at radius 2 is 2.05 bits per heavy atom. The van der Waals surface area contributed by atoms with Crippen LogP contribution in [-0.2, 0) is 19.3 Å². The Morgan fingerprint density at radius 3 is 2.89 bits per heavy atom. The van der Waals surface area contributed by atoms with Crippen molar-refractivity contribution in [1.29, 1.82) is 0 Å². The first kappa shape index (κ1) is 12.4. The van der Waals surface area contributed by atoms with Crippen LogP contribution in [0.15, 0.2) is 24.5 Å². The van der Waals surface area contributed by atoms with Crippen molar-refractivity contribution in [1.82, 2.24) is 9.97 Å². The van der Waals surface area contributed by atoms with E-state index >= 15 is 0 Å². The van der Waals surface area contributed by atoms with Crippen molar-refractivity contribution >= 4 is 11.6 Å². The van der Waals surface area contributed by atoms with Gasteiger partial charge in [-0.25, -0.2) is 9.97 Å². The molecular weight excluding hydrogens is 260 g/mol. The second kappa shape index (κ2) is 5.17. The number of hydrogen-bond acceptors (Lipinski definition) is 3. The summed E-state index contributed by atoms with van der Waals surface area (Å²) in [6, 6.07) is 6.25. The molecule has 0 bridgehead atoms. The number of ether oxygens (including phenoxy) is 1. The lowest BCUT2D eigenvalue weighted by Crippen LogP contribution is -1.97. The number of fused-ring (bicyclic) bond motifs is 1. The summed E-state index contributed by atoms with van der Waals surface area (Å²) in [6.45, 7) is 2.01. The van der Waals surface area contributed by atoms with Crippen LogP contribution in [0.25, 0.3) is 0 Å². The molecule has 0 atom stereocenters. The fourth-order valence-electron chi connectivity index (χ4n) is 2.48. The van der Waals surface area contributed by atoms with Gasteiger partial charge in [0.2, 0.25) is 5.88 Å². The van der Waals surface area contributed by atoms with Gasteiger partial charge in [-0.3, -0.25) is 0 Å². The van der Waals surface area contributed by atoms with Gasteiger partial charge in [-0.15, -0.1) is 0 Å². The minimum Gasteiger partial charge on any atom is -0.439 e. The summed E-state index contributed by atoms with van der Waals surface area (Å²) < 4.78 is 5.87. The van der Waals surface area contributed by atoms with Crippen LogP contribution >= 0.6 is 11.6 Å². The topological polar surface area (TPSA) is 35.0 Å². The van der Waals surface area contributed by atoms with E-state index in [1.165, 1.54) is 30.3 Å². The van der Waals surface area contributed by atoms with Gasteiger partial charge < -0.3 is 4.74 Å². The minimum atomic E-state index is 0.466. The van der Waals surface area contributed by atoms with E-state index in [0.717, 1.165) is 24.2 Å². The smallest absolute Gasteiger partial charge is 0.226 e. The number of rotatable bonds is 3. The summed E-state index contributed by atoms with van der Waals surface area (Å²) in [7, 11) is 0. The lowest BCUT2D eigenvalue weighted by Gasteiger charge is -2.10. The van der Waals surface area contributed by atoms with Crippen molar-refractivity contribution in [2.24, 2.45) is 0 Å². The fraction of sp³-hybridized carbons (Fsp3) is 0.333. The molecule has 1 aliphatic carbocycles. The Kier molecular flexibility index (Phi) is 3.38. The summed E-state index contributed by atoms with van der Waals surface area (Å²) in [5.74, 6) is 1.38. The van der Waals surface area contributed by atoms with Crippen LogP contribution in [0.4, 0.5) is 0 Å². The molecule has 0 radical (unpaired) electrons. The van der Waals surface area contributed by atoms with Crippen molar-refractivity contribution in [2.45, 2.75) is 32.6 Å². The maximum absolute atomic E-state index is 6.06. The molecule has 3 rings (SSSR count). The zero-order valence-corrected chi connectivity index (χ0v) is 11.6. The van der Waals surface area contributed by atoms with Crippen molar-refractivity contribution < 1.29 is 4.74 Å². The standard InChI is InChI=1S/C15H15ClN2O/c1-2-13-14(16)17-9-18-15(13)19-12-7-6-10-4-3-5-11(10)8-12/h6-9H,2-5H2,1H3. The van der Waals surface area contributed by atoms with Gasteiger partial charge >= 0.3 is 0 Å². The average molecular weight is 275 g/mol. The van der Waals surface area contributed by atoms with E-state index < -0.39 is 0 Å². The van der Waals surface area contributed by atoms with Gasteiger partial charge in [0.25, 0.3) is 0 Å². The zero-order valence-electron chi connectivity index (χ0n) is 10.8. The third-order valence-corrected chi connectivity index (χ3v) is 3.82. The van der Waals surface area contributed by atoms with Crippen molar-refractivity contribution in [3.05, 3.63) is 46.4 Å². The molecule has 0 saturated carbocycles. The summed E-state index contributed by atoms with van der Waals surface area (Å²) in [5, 5.41) is 0.466. The lowest BCUT2D eigenvalue weighted by atomic mass is 10.1. The van der Waals surface area contributed by atoms with Crippen LogP contribution in [0.5, 0.6) is 11.6 Å². The van der Waals surface area contributed by atoms with E-state index in [9.17, 15) is 0 Å². The van der Waals surface area contributed by atoms with E-state index in [4.69, 9.17) is 16.3 Å². The third-order valence-electron chi connectivity index (χ3n) is 3.49. The molecule has 0 unspecified atom stereocenters. The van der Waals surface area contributed by atoms with Gasteiger partial charge in [-0.2, -0.15) is 0 Å². The maximum Gasteiger partial charge on any atom is 0.226 e. The molecule has 1 aliphatic rings. The molecule has 19 heavy (non-hydrogen) atoms. The van der Waals surface area contributed by atoms with Gasteiger partial charge in [-0.1, -0.05) is 24.6 Å².